The van der Waals surface area contributed by atoms with Crippen LogP contribution in [0.25, 0.3) is 6.08 Å². The maximum atomic E-state index is 14.6. The van der Waals surface area contributed by atoms with Gasteiger partial charge in [-0.25, -0.2) is 4.39 Å². The zero-order valence-electron chi connectivity index (χ0n) is 20.9. The average molecular weight is 497 g/mol. The Morgan fingerprint density at radius 3 is 2.64 bits per heavy atom. The van der Waals surface area contributed by atoms with Gasteiger partial charge < -0.3 is 24.8 Å². The minimum atomic E-state index is -0.811. The van der Waals surface area contributed by atoms with Crippen molar-refractivity contribution in [3.8, 4) is 0 Å². The number of carbonyl (C=O) groups is 2. The van der Waals surface area contributed by atoms with Gasteiger partial charge in [-0.15, -0.1) is 0 Å². The van der Waals surface area contributed by atoms with Crippen LogP contribution in [0.5, 0.6) is 0 Å². The average Bonchev–Trinajstić information content (AvgIpc) is 3.10. The molecule has 2 bridgehead atoms. The Morgan fingerprint density at radius 1 is 1.22 bits per heavy atom. The molecule has 9 heteroatoms. The number of hydrogen-bond acceptors (Lipinski definition) is 5. The first kappa shape index (κ1) is 25.8. The number of aliphatic hydroxyl groups is 1. The number of benzene rings is 1. The van der Waals surface area contributed by atoms with Crippen molar-refractivity contribution in [2.75, 3.05) is 33.8 Å². The molecule has 4 rings (SSSR count). The highest BCUT2D eigenvalue weighted by Crippen LogP contribution is 2.49. The van der Waals surface area contributed by atoms with Gasteiger partial charge in [0.05, 0.1) is 23.6 Å². The van der Waals surface area contributed by atoms with Gasteiger partial charge in [0.25, 0.3) is 11.5 Å². The standard InChI is InChI=1S/C27H33FN4O4/c1-4-8-17-11-12-21-24-23(25(34)29-13-7-14-30(2)3)19(16-33)22(15-31(21)26(17)35)32(24)27(36)18-9-5-6-10-20(18)28/h4-6,8-12,19,22-24,33H,7,13-16H2,1-3H3,(H,29,34)/t19-,22-,23+,24+/m0/s1. The van der Waals surface area contributed by atoms with Crippen LogP contribution < -0.4 is 10.9 Å². The fraction of sp³-hybridized carbons (Fsp3) is 0.444. The second-order valence-corrected chi connectivity index (χ2v) is 9.65. The highest BCUT2D eigenvalue weighted by atomic mass is 19.1. The van der Waals surface area contributed by atoms with Gasteiger partial charge in [-0.2, -0.15) is 0 Å². The summed E-state index contributed by atoms with van der Waals surface area (Å²) < 4.78 is 16.2. The smallest absolute Gasteiger partial charge is 0.258 e. The number of pyridine rings is 1. The van der Waals surface area contributed by atoms with Crippen molar-refractivity contribution in [3.63, 3.8) is 0 Å². The Hall–Kier alpha value is -3.30. The summed E-state index contributed by atoms with van der Waals surface area (Å²) in [5, 5.41) is 13.3. The summed E-state index contributed by atoms with van der Waals surface area (Å²) in [4.78, 5) is 43.9. The lowest BCUT2D eigenvalue weighted by molar-refractivity contribution is -0.127. The molecule has 0 spiro atoms. The van der Waals surface area contributed by atoms with Crippen molar-refractivity contribution >= 4 is 17.9 Å². The van der Waals surface area contributed by atoms with Crippen molar-refractivity contribution in [2.45, 2.75) is 32.0 Å². The Bertz CT molecular complexity index is 1220. The van der Waals surface area contributed by atoms with Gasteiger partial charge in [-0.3, -0.25) is 14.4 Å². The first-order chi connectivity index (χ1) is 17.3. The topological polar surface area (TPSA) is 94.9 Å². The number of carbonyl (C=O) groups excluding carboxylic acids is 2. The predicted octanol–water partition coefficient (Wildman–Crippen LogP) is 1.89. The molecule has 36 heavy (non-hydrogen) atoms. The molecule has 1 aromatic carbocycles. The summed E-state index contributed by atoms with van der Waals surface area (Å²) in [6, 6.07) is 7.71. The van der Waals surface area contributed by atoms with E-state index in [0.29, 0.717) is 17.8 Å². The van der Waals surface area contributed by atoms with Gasteiger partial charge in [0, 0.05) is 36.9 Å². The van der Waals surface area contributed by atoms with E-state index in [9.17, 15) is 23.9 Å². The molecular weight excluding hydrogens is 463 g/mol. The third-order valence-corrected chi connectivity index (χ3v) is 7.14. The van der Waals surface area contributed by atoms with Gasteiger partial charge >= 0.3 is 0 Å². The summed E-state index contributed by atoms with van der Waals surface area (Å²) in [5.74, 6) is -2.89. The largest absolute Gasteiger partial charge is 0.396 e. The van der Waals surface area contributed by atoms with Crippen LogP contribution in [0, 0.1) is 17.7 Å². The lowest BCUT2D eigenvalue weighted by atomic mass is 9.86. The van der Waals surface area contributed by atoms with E-state index >= 15 is 0 Å². The molecule has 4 atom stereocenters. The Balaban J connectivity index is 1.78. The van der Waals surface area contributed by atoms with E-state index in [2.05, 4.69) is 5.32 Å². The van der Waals surface area contributed by atoms with Gasteiger partial charge in [0.15, 0.2) is 0 Å². The van der Waals surface area contributed by atoms with Crippen LogP contribution in [0.1, 0.15) is 41.0 Å². The minimum absolute atomic E-state index is 0.0995. The number of rotatable bonds is 8. The van der Waals surface area contributed by atoms with Gasteiger partial charge in [-0.05, 0) is 58.3 Å². The van der Waals surface area contributed by atoms with E-state index in [4.69, 9.17) is 0 Å². The molecule has 8 nitrogen and oxygen atoms in total. The zero-order valence-corrected chi connectivity index (χ0v) is 20.9. The number of nitrogens with one attached hydrogen (secondary N) is 1. The molecule has 2 N–H and O–H groups in total. The molecular formula is C27H33FN4O4. The molecule has 1 fully saturated rings. The number of aromatic nitrogens is 1. The van der Waals surface area contributed by atoms with Crippen LogP contribution in [-0.2, 0) is 11.3 Å². The van der Waals surface area contributed by atoms with Crippen LogP contribution in [-0.4, -0.2) is 71.1 Å². The fourth-order valence-corrected chi connectivity index (χ4v) is 5.51. The predicted molar refractivity (Wildman–Crippen MR) is 135 cm³/mol. The third-order valence-electron chi connectivity index (χ3n) is 7.14. The van der Waals surface area contributed by atoms with Crippen molar-refractivity contribution in [3.05, 3.63) is 75.5 Å². The van der Waals surface area contributed by atoms with Crippen molar-refractivity contribution < 1.29 is 19.1 Å². The molecule has 0 saturated carbocycles. The fourth-order valence-electron chi connectivity index (χ4n) is 5.51. The summed E-state index contributed by atoms with van der Waals surface area (Å²) in [7, 11) is 3.90. The zero-order chi connectivity index (χ0) is 26.0. The second kappa shape index (κ2) is 10.8. The summed E-state index contributed by atoms with van der Waals surface area (Å²) in [5.41, 5.74) is 0.693. The molecule has 0 unspecified atom stereocenters. The van der Waals surface area contributed by atoms with E-state index in [1.165, 1.54) is 23.1 Å². The normalized spacial score (nSPS) is 22.8. The number of amides is 2. The van der Waals surface area contributed by atoms with E-state index in [-0.39, 0.29) is 30.2 Å². The molecule has 2 aliphatic rings. The van der Waals surface area contributed by atoms with Gasteiger partial charge in [0.1, 0.15) is 5.82 Å². The van der Waals surface area contributed by atoms with Crippen molar-refractivity contribution in [2.24, 2.45) is 11.8 Å². The lowest BCUT2D eigenvalue weighted by Gasteiger charge is -2.38. The second-order valence-electron chi connectivity index (χ2n) is 9.65. The number of fused-ring (bicyclic) bond motifs is 4. The Morgan fingerprint density at radius 2 is 1.97 bits per heavy atom. The maximum absolute atomic E-state index is 14.6. The van der Waals surface area contributed by atoms with Gasteiger partial charge in [-0.1, -0.05) is 24.3 Å². The van der Waals surface area contributed by atoms with Crippen LogP contribution >= 0.6 is 0 Å². The van der Waals surface area contributed by atoms with Crippen LogP contribution in [0.4, 0.5) is 4.39 Å². The van der Waals surface area contributed by atoms with Crippen molar-refractivity contribution in [1.82, 2.24) is 19.7 Å². The molecule has 3 heterocycles. The number of allylic oxidation sites excluding steroid dienone is 1. The molecule has 2 amide bonds. The summed E-state index contributed by atoms with van der Waals surface area (Å²) in [6.07, 6.45) is 4.23. The van der Waals surface area contributed by atoms with Crippen LogP contribution in [0.2, 0.25) is 0 Å². The Kier molecular flexibility index (Phi) is 7.70. The molecule has 2 aromatic rings. The molecule has 192 valence electrons. The molecule has 1 saturated heterocycles. The Labute approximate surface area is 210 Å². The van der Waals surface area contributed by atoms with Crippen LogP contribution in [0.3, 0.4) is 0 Å². The highest BCUT2D eigenvalue weighted by molar-refractivity contribution is 5.96. The number of halogens is 1. The van der Waals surface area contributed by atoms with Gasteiger partial charge in [0.2, 0.25) is 5.91 Å². The quantitative estimate of drug-likeness (QED) is 0.545. The summed E-state index contributed by atoms with van der Waals surface area (Å²) >= 11 is 0. The highest BCUT2D eigenvalue weighted by Gasteiger charge is 2.57. The first-order valence-corrected chi connectivity index (χ1v) is 12.3. The number of aliphatic hydroxyl groups excluding tert-OH is 1. The maximum Gasteiger partial charge on any atom is 0.258 e. The lowest BCUT2D eigenvalue weighted by Crippen LogP contribution is -2.49. The number of hydrogen-bond donors (Lipinski definition) is 2. The van der Waals surface area contributed by atoms with Crippen molar-refractivity contribution in [1.29, 1.82) is 0 Å². The van der Waals surface area contributed by atoms with Crippen LogP contribution in [0.15, 0.2) is 47.3 Å². The summed E-state index contributed by atoms with van der Waals surface area (Å²) in [6.45, 7) is 2.83. The molecule has 1 aromatic heterocycles. The molecule has 0 radical (unpaired) electrons. The van der Waals surface area contributed by atoms with E-state index in [1.54, 1.807) is 34.9 Å². The first-order valence-electron chi connectivity index (χ1n) is 12.3. The monoisotopic (exact) mass is 496 g/mol. The minimum Gasteiger partial charge on any atom is -0.396 e. The SMILES string of the molecule is CC=Cc1ccc2n(c1=O)C[C@H]1[C@H](CO)[C@@H](C(=O)NCCCN(C)C)[C@@H]2N1C(=O)c1ccccc1F. The third kappa shape index (κ3) is 4.60. The molecule has 0 aliphatic carbocycles. The molecule has 2 aliphatic heterocycles. The number of nitrogens with zero attached hydrogens (tertiary/aromatic N) is 3. The van der Waals surface area contributed by atoms with E-state index < -0.39 is 35.6 Å². The van der Waals surface area contributed by atoms with E-state index in [1.807, 2.05) is 25.9 Å². The van der Waals surface area contributed by atoms with E-state index in [0.717, 1.165) is 13.0 Å².